The van der Waals surface area contributed by atoms with Crippen LogP contribution in [-0.4, -0.2) is 30.6 Å². The molecule has 8 heteroatoms. The number of nitrogens with one attached hydrogen (secondary N) is 1. The molecule has 0 saturated heterocycles. The fourth-order valence-electron chi connectivity index (χ4n) is 3.18. The first-order valence-corrected chi connectivity index (χ1v) is 10.3. The van der Waals surface area contributed by atoms with Crippen molar-refractivity contribution in [2.45, 2.75) is 13.8 Å². The first-order chi connectivity index (χ1) is 15.0. The van der Waals surface area contributed by atoms with Gasteiger partial charge in [0.05, 0.1) is 22.9 Å². The summed E-state index contributed by atoms with van der Waals surface area (Å²) in [4.78, 5) is 29.6. The SMILES string of the molecule is COC(=O)c1c(C)oc(NC(=O)COc2cccc(C)c2)c1-c1nc2ccccc2s1. The number of ether oxygens (including phenoxy) is 2. The molecule has 1 amide bonds. The molecule has 158 valence electrons. The number of anilines is 1. The predicted octanol–water partition coefficient (Wildman–Crippen LogP) is 4.98. The number of furan rings is 1. The fraction of sp³-hybridized carbons (Fsp3) is 0.174. The molecule has 0 aliphatic heterocycles. The van der Waals surface area contributed by atoms with Gasteiger partial charge in [0.1, 0.15) is 22.1 Å². The van der Waals surface area contributed by atoms with Gasteiger partial charge in [-0.3, -0.25) is 10.1 Å². The van der Waals surface area contributed by atoms with Crippen molar-refractivity contribution in [3.05, 3.63) is 65.4 Å². The van der Waals surface area contributed by atoms with Crippen molar-refractivity contribution in [3.8, 4) is 16.3 Å². The molecular formula is C23H20N2O5S. The topological polar surface area (TPSA) is 90.7 Å². The van der Waals surface area contributed by atoms with E-state index in [1.165, 1.54) is 18.4 Å². The van der Waals surface area contributed by atoms with E-state index >= 15 is 0 Å². The lowest BCUT2D eigenvalue weighted by Gasteiger charge is -2.07. The second kappa shape index (κ2) is 8.61. The Morgan fingerprint density at radius 2 is 1.94 bits per heavy atom. The average molecular weight is 436 g/mol. The van der Waals surface area contributed by atoms with Gasteiger partial charge in [-0.1, -0.05) is 24.3 Å². The summed E-state index contributed by atoms with van der Waals surface area (Å²) in [5.74, 6) is 0.0688. The summed E-state index contributed by atoms with van der Waals surface area (Å²) in [5.41, 5.74) is 2.45. The lowest BCUT2D eigenvalue weighted by molar-refractivity contribution is -0.118. The van der Waals surface area contributed by atoms with E-state index in [2.05, 4.69) is 10.3 Å². The number of para-hydroxylation sites is 1. The number of thiazole rings is 1. The van der Waals surface area contributed by atoms with Crippen LogP contribution < -0.4 is 10.1 Å². The number of carbonyl (C=O) groups is 2. The molecule has 31 heavy (non-hydrogen) atoms. The maximum absolute atomic E-state index is 12.6. The molecule has 2 aromatic heterocycles. The van der Waals surface area contributed by atoms with Gasteiger partial charge >= 0.3 is 5.97 Å². The highest BCUT2D eigenvalue weighted by atomic mass is 32.1. The number of hydrogen-bond donors (Lipinski definition) is 1. The van der Waals surface area contributed by atoms with Crippen LogP contribution >= 0.6 is 11.3 Å². The number of nitrogens with zero attached hydrogens (tertiary/aromatic N) is 1. The van der Waals surface area contributed by atoms with Crippen LogP contribution in [0.3, 0.4) is 0 Å². The summed E-state index contributed by atoms with van der Waals surface area (Å²) < 4.78 is 17.2. The maximum atomic E-state index is 12.6. The van der Waals surface area contributed by atoms with Gasteiger partial charge in [-0.05, 0) is 43.7 Å². The van der Waals surface area contributed by atoms with Crippen molar-refractivity contribution in [3.63, 3.8) is 0 Å². The van der Waals surface area contributed by atoms with Gasteiger partial charge in [0.2, 0.25) is 5.88 Å². The van der Waals surface area contributed by atoms with E-state index in [0.29, 0.717) is 22.1 Å². The fourth-order valence-corrected chi connectivity index (χ4v) is 4.19. The van der Waals surface area contributed by atoms with Crippen LogP contribution in [0.5, 0.6) is 5.75 Å². The third-order valence-corrected chi connectivity index (χ3v) is 5.65. The van der Waals surface area contributed by atoms with E-state index in [1.807, 2.05) is 49.4 Å². The highest BCUT2D eigenvalue weighted by Crippen LogP contribution is 2.40. The Hall–Kier alpha value is -3.65. The highest BCUT2D eigenvalue weighted by Gasteiger charge is 2.28. The van der Waals surface area contributed by atoms with E-state index in [9.17, 15) is 9.59 Å². The summed E-state index contributed by atoms with van der Waals surface area (Å²) in [6.45, 7) is 3.37. The molecule has 2 heterocycles. The van der Waals surface area contributed by atoms with Crippen LogP contribution in [0.4, 0.5) is 5.88 Å². The number of rotatable bonds is 6. The Labute approximate surface area is 182 Å². The largest absolute Gasteiger partial charge is 0.484 e. The number of methoxy groups -OCH3 is 1. The van der Waals surface area contributed by atoms with Crippen molar-refractivity contribution < 1.29 is 23.5 Å². The predicted molar refractivity (Wildman–Crippen MR) is 119 cm³/mol. The van der Waals surface area contributed by atoms with E-state index in [4.69, 9.17) is 13.9 Å². The van der Waals surface area contributed by atoms with Crippen molar-refractivity contribution in [2.24, 2.45) is 0 Å². The zero-order valence-corrected chi connectivity index (χ0v) is 18.0. The molecule has 0 spiro atoms. The third-order valence-electron chi connectivity index (χ3n) is 4.59. The van der Waals surface area contributed by atoms with Gasteiger partial charge in [0.25, 0.3) is 5.91 Å². The van der Waals surface area contributed by atoms with Crippen molar-refractivity contribution in [1.29, 1.82) is 0 Å². The van der Waals surface area contributed by atoms with Crippen LogP contribution in [0.1, 0.15) is 21.7 Å². The van der Waals surface area contributed by atoms with E-state index in [1.54, 1.807) is 13.0 Å². The molecule has 0 radical (unpaired) electrons. The van der Waals surface area contributed by atoms with Crippen LogP contribution in [0.25, 0.3) is 20.8 Å². The van der Waals surface area contributed by atoms with E-state index in [0.717, 1.165) is 15.8 Å². The number of fused-ring (bicyclic) bond motifs is 1. The molecule has 0 bridgehead atoms. The second-order valence-corrected chi connectivity index (χ2v) is 7.90. The number of amides is 1. The number of esters is 1. The molecule has 0 unspecified atom stereocenters. The summed E-state index contributed by atoms with van der Waals surface area (Å²) in [6.07, 6.45) is 0. The Morgan fingerprint density at radius 1 is 1.13 bits per heavy atom. The highest BCUT2D eigenvalue weighted by molar-refractivity contribution is 7.21. The minimum atomic E-state index is -0.563. The normalized spacial score (nSPS) is 10.8. The molecule has 0 aliphatic rings. The zero-order valence-electron chi connectivity index (χ0n) is 17.2. The van der Waals surface area contributed by atoms with Gasteiger partial charge in [0, 0.05) is 0 Å². The number of aromatic nitrogens is 1. The van der Waals surface area contributed by atoms with Crippen molar-refractivity contribution >= 4 is 39.3 Å². The quantitative estimate of drug-likeness (QED) is 0.429. The van der Waals surface area contributed by atoms with Crippen molar-refractivity contribution in [1.82, 2.24) is 4.98 Å². The summed E-state index contributed by atoms with van der Waals surface area (Å²) in [7, 11) is 1.30. The Kier molecular flexibility index (Phi) is 5.73. The molecule has 0 aliphatic carbocycles. The first kappa shape index (κ1) is 20.6. The first-order valence-electron chi connectivity index (χ1n) is 9.53. The standard InChI is InChI=1S/C23H20N2O5S/c1-13-7-6-8-15(11-13)29-12-18(26)25-21-20(19(14(2)30-21)23(27)28-3)22-24-16-9-4-5-10-17(16)31-22/h4-11H,12H2,1-3H3,(H,25,26). The van der Waals surface area contributed by atoms with Crippen LogP contribution in [0.2, 0.25) is 0 Å². The second-order valence-electron chi connectivity index (χ2n) is 6.87. The minimum absolute atomic E-state index is 0.134. The Morgan fingerprint density at radius 3 is 2.68 bits per heavy atom. The van der Waals surface area contributed by atoms with Gasteiger partial charge in [0.15, 0.2) is 6.61 Å². The lowest BCUT2D eigenvalue weighted by atomic mass is 10.1. The number of carbonyl (C=O) groups excluding carboxylic acids is 2. The molecule has 0 atom stereocenters. The smallest absolute Gasteiger partial charge is 0.342 e. The van der Waals surface area contributed by atoms with Gasteiger partial charge < -0.3 is 13.9 Å². The molecule has 4 aromatic rings. The molecular weight excluding hydrogens is 416 g/mol. The minimum Gasteiger partial charge on any atom is -0.484 e. The molecule has 1 N–H and O–H groups in total. The molecule has 0 fully saturated rings. The zero-order chi connectivity index (χ0) is 22.0. The monoisotopic (exact) mass is 436 g/mol. The number of hydrogen-bond acceptors (Lipinski definition) is 7. The molecule has 0 saturated carbocycles. The van der Waals surface area contributed by atoms with Crippen molar-refractivity contribution in [2.75, 3.05) is 19.0 Å². The third kappa shape index (κ3) is 4.29. The average Bonchev–Trinajstić information content (AvgIpc) is 3.32. The van der Waals surface area contributed by atoms with Gasteiger partial charge in [-0.25, -0.2) is 9.78 Å². The lowest BCUT2D eigenvalue weighted by Crippen LogP contribution is -2.20. The van der Waals surface area contributed by atoms with Crippen LogP contribution in [-0.2, 0) is 9.53 Å². The maximum Gasteiger partial charge on any atom is 0.342 e. The summed E-state index contributed by atoms with van der Waals surface area (Å²) >= 11 is 1.40. The van der Waals surface area contributed by atoms with E-state index in [-0.39, 0.29) is 18.1 Å². The molecule has 4 rings (SSSR count). The Balaban J connectivity index is 1.65. The van der Waals surface area contributed by atoms with Gasteiger partial charge in [-0.2, -0.15) is 0 Å². The summed E-state index contributed by atoms with van der Waals surface area (Å²) in [6, 6.07) is 15.0. The number of aryl methyl sites for hydroxylation is 2. The van der Waals surface area contributed by atoms with E-state index < -0.39 is 11.9 Å². The summed E-state index contributed by atoms with van der Waals surface area (Å²) in [5, 5.41) is 3.26. The van der Waals surface area contributed by atoms with Crippen LogP contribution in [0, 0.1) is 13.8 Å². The van der Waals surface area contributed by atoms with Crippen LogP contribution in [0.15, 0.2) is 52.9 Å². The Bertz CT molecular complexity index is 1240. The molecule has 2 aromatic carbocycles. The van der Waals surface area contributed by atoms with Gasteiger partial charge in [-0.15, -0.1) is 11.3 Å². The molecule has 7 nitrogen and oxygen atoms in total. The number of benzene rings is 2.